The topological polar surface area (TPSA) is 92.5 Å². The number of amides is 1. The van der Waals surface area contributed by atoms with E-state index in [1.54, 1.807) is 0 Å². The van der Waals surface area contributed by atoms with E-state index in [2.05, 4.69) is 5.32 Å². The summed E-state index contributed by atoms with van der Waals surface area (Å²) >= 11 is 0. The van der Waals surface area contributed by atoms with Crippen molar-refractivity contribution in [1.82, 2.24) is 9.62 Å². The van der Waals surface area contributed by atoms with Crippen LogP contribution in [0.3, 0.4) is 0 Å². The molecule has 0 unspecified atom stereocenters. The molecule has 1 amide bonds. The third-order valence-corrected chi connectivity index (χ3v) is 5.89. The van der Waals surface area contributed by atoms with Crippen molar-refractivity contribution in [3.8, 4) is 0 Å². The highest BCUT2D eigenvalue weighted by molar-refractivity contribution is 7.89. The van der Waals surface area contributed by atoms with E-state index in [0.29, 0.717) is 32.4 Å². The molecule has 0 aliphatic carbocycles. The Morgan fingerprint density at radius 2 is 1.96 bits per heavy atom. The zero-order valence-corrected chi connectivity index (χ0v) is 13.7. The van der Waals surface area contributed by atoms with Gasteiger partial charge in [-0.25, -0.2) is 12.8 Å². The highest BCUT2D eigenvalue weighted by Gasteiger charge is 2.33. The second-order valence-electron chi connectivity index (χ2n) is 5.54. The molecule has 8 heteroatoms. The van der Waals surface area contributed by atoms with E-state index >= 15 is 0 Å². The first-order valence-corrected chi connectivity index (χ1v) is 9.13. The number of hydrogen-bond donors (Lipinski definition) is 2. The monoisotopic (exact) mass is 343 g/mol. The highest BCUT2D eigenvalue weighted by atomic mass is 32.2. The Bertz CT molecular complexity index is 643. The summed E-state index contributed by atoms with van der Waals surface area (Å²) in [6.07, 6.45) is 1.58. The Morgan fingerprint density at radius 1 is 1.30 bits per heavy atom. The zero-order valence-electron chi connectivity index (χ0n) is 12.9. The van der Waals surface area contributed by atoms with Crippen LogP contribution in [0.5, 0.6) is 0 Å². The Morgan fingerprint density at radius 3 is 2.57 bits per heavy atom. The van der Waals surface area contributed by atoms with E-state index in [4.69, 9.17) is 5.73 Å². The fraction of sp³-hybridized carbons (Fsp3) is 0.533. The van der Waals surface area contributed by atoms with Gasteiger partial charge < -0.3 is 11.1 Å². The SMILES string of the molecule is NCCCNC(=O)C1CCN(S(=O)(=O)c2ccccc2F)CC1. The van der Waals surface area contributed by atoms with Gasteiger partial charge in [0.25, 0.3) is 0 Å². The first kappa shape index (κ1) is 17.8. The van der Waals surface area contributed by atoms with Crippen molar-refractivity contribution in [2.45, 2.75) is 24.2 Å². The molecule has 1 aromatic carbocycles. The second-order valence-corrected chi connectivity index (χ2v) is 7.45. The van der Waals surface area contributed by atoms with Crippen molar-refractivity contribution in [3.05, 3.63) is 30.1 Å². The summed E-state index contributed by atoms with van der Waals surface area (Å²) in [5.74, 6) is -1.03. The number of halogens is 1. The van der Waals surface area contributed by atoms with Gasteiger partial charge in [0.1, 0.15) is 10.7 Å². The number of rotatable bonds is 6. The molecule has 0 spiro atoms. The summed E-state index contributed by atoms with van der Waals surface area (Å²) in [4.78, 5) is 11.7. The number of nitrogens with one attached hydrogen (secondary N) is 1. The lowest BCUT2D eigenvalue weighted by molar-refractivity contribution is -0.126. The van der Waals surface area contributed by atoms with Crippen molar-refractivity contribution in [3.63, 3.8) is 0 Å². The molecule has 0 radical (unpaired) electrons. The molecule has 1 fully saturated rings. The van der Waals surface area contributed by atoms with E-state index in [1.807, 2.05) is 0 Å². The van der Waals surface area contributed by atoms with Gasteiger partial charge in [0.15, 0.2) is 0 Å². The summed E-state index contributed by atoms with van der Waals surface area (Å²) in [7, 11) is -3.85. The molecule has 1 aliphatic rings. The molecule has 6 nitrogen and oxygen atoms in total. The average Bonchev–Trinajstić information content (AvgIpc) is 2.55. The molecular formula is C15H22FN3O3S. The molecule has 0 bridgehead atoms. The summed E-state index contributed by atoms with van der Waals surface area (Å²) < 4.78 is 39.9. The number of sulfonamides is 1. The molecule has 1 heterocycles. The first-order chi connectivity index (χ1) is 11.0. The maximum atomic E-state index is 13.7. The molecule has 2 rings (SSSR count). The number of nitrogens with two attached hydrogens (primary N) is 1. The molecule has 1 aliphatic heterocycles. The summed E-state index contributed by atoms with van der Waals surface area (Å²) in [5, 5.41) is 2.80. The van der Waals surface area contributed by atoms with Crippen LogP contribution >= 0.6 is 0 Å². The number of piperidine rings is 1. The van der Waals surface area contributed by atoms with Gasteiger partial charge in [0, 0.05) is 25.6 Å². The van der Waals surface area contributed by atoms with Crippen molar-refractivity contribution in [2.24, 2.45) is 11.7 Å². The van der Waals surface area contributed by atoms with E-state index in [1.165, 1.54) is 22.5 Å². The number of carbonyl (C=O) groups is 1. The van der Waals surface area contributed by atoms with Crippen LogP contribution in [0.25, 0.3) is 0 Å². The van der Waals surface area contributed by atoms with Crippen molar-refractivity contribution in [1.29, 1.82) is 0 Å². The normalized spacial score (nSPS) is 17.1. The predicted octanol–water partition coefficient (Wildman–Crippen LogP) is 0.691. The number of nitrogens with zero attached hydrogens (tertiary/aromatic N) is 1. The highest BCUT2D eigenvalue weighted by Crippen LogP contribution is 2.25. The fourth-order valence-electron chi connectivity index (χ4n) is 2.61. The quantitative estimate of drug-likeness (QED) is 0.744. The fourth-order valence-corrected chi connectivity index (χ4v) is 4.14. The van der Waals surface area contributed by atoms with Crippen LogP contribution in [0.1, 0.15) is 19.3 Å². The van der Waals surface area contributed by atoms with Gasteiger partial charge >= 0.3 is 0 Å². The first-order valence-electron chi connectivity index (χ1n) is 7.69. The second kappa shape index (κ2) is 7.85. The van der Waals surface area contributed by atoms with Crippen LogP contribution < -0.4 is 11.1 Å². The number of benzene rings is 1. The van der Waals surface area contributed by atoms with Crippen molar-refractivity contribution >= 4 is 15.9 Å². The maximum Gasteiger partial charge on any atom is 0.245 e. The van der Waals surface area contributed by atoms with Crippen LogP contribution in [0, 0.1) is 11.7 Å². The van der Waals surface area contributed by atoms with Crippen molar-refractivity contribution in [2.75, 3.05) is 26.2 Å². The van der Waals surface area contributed by atoms with Gasteiger partial charge in [0.05, 0.1) is 0 Å². The standard InChI is InChI=1S/C15H22FN3O3S/c16-13-4-1-2-5-14(13)23(21,22)19-10-6-12(7-11-19)15(20)18-9-3-8-17/h1-2,4-5,12H,3,6-11,17H2,(H,18,20). The van der Waals surface area contributed by atoms with Gasteiger partial charge in [-0.15, -0.1) is 0 Å². The zero-order chi connectivity index (χ0) is 16.9. The molecule has 23 heavy (non-hydrogen) atoms. The van der Waals surface area contributed by atoms with E-state index in [0.717, 1.165) is 6.07 Å². The lowest BCUT2D eigenvalue weighted by atomic mass is 9.97. The molecule has 0 aromatic heterocycles. The van der Waals surface area contributed by atoms with Crippen molar-refractivity contribution < 1.29 is 17.6 Å². The van der Waals surface area contributed by atoms with Gasteiger partial charge in [-0.05, 0) is 37.9 Å². The summed E-state index contributed by atoms with van der Waals surface area (Å²) in [6, 6.07) is 5.33. The van der Waals surface area contributed by atoms with E-state index < -0.39 is 15.8 Å². The molecule has 3 N–H and O–H groups in total. The minimum atomic E-state index is -3.85. The molecule has 1 aromatic rings. The minimum absolute atomic E-state index is 0.0682. The summed E-state index contributed by atoms with van der Waals surface area (Å²) in [6.45, 7) is 1.47. The Balaban J connectivity index is 1.96. The van der Waals surface area contributed by atoms with Gasteiger partial charge in [-0.3, -0.25) is 4.79 Å². The average molecular weight is 343 g/mol. The van der Waals surface area contributed by atoms with Crippen LogP contribution in [0.2, 0.25) is 0 Å². The Kier molecular flexibility index (Phi) is 6.09. The Hall–Kier alpha value is -1.51. The smallest absolute Gasteiger partial charge is 0.245 e. The predicted molar refractivity (Wildman–Crippen MR) is 84.6 cm³/mol. The van der Waals surface area contributed by atoms with Gasteiger partial charge in [-0.1, -0.05) is 12.1 Å². The number of hydrogen-bond acceptors (Lipinski definition) is 4. The summed E-state index contributed by atoms with van der Waals surface area (Å²) in [5.41, 5.74) is 5.37. The molecule has 0 saturated carbocycles. The third kappa shape index (κ3) is 4.27. The molecular weight excluding hydrogens is 321 g/mol. The van der Waals surface area contributed by atoms with Crippen LogP contribution in [-0.4, -0.2) is 44.8 Å². The van der Waals surface area contributed by atoms with Gasteiger partial charge in [-0.2, -0.15) is 4.31 Å². The minimum Gasteiger partial charge on any atom is -0.356 e. The lowest BCUT2D eigenvalue weighted by Gasteiger charge is -2.30. The van der Waals surface area contributed by atoms with Crippen LogP contribution in [-0.2, 0) is 14.8 Å². The largest absolute Gasteiger partial charge is 0.356 e. The van der Waals surface area contributed by atoms with E-state index in [-0.39, 0.29) is 29.8 Å². The lowest BCUT2D eigenvalue weighted by Crippen LogP contribution is -2.43. The third-order valence-electron chi connectivity index (χ3n) is 3.96. The van der Waals surface area contributed by atoms with Crippen LogP contribution in [0.4, 0.5) is 4.39 Å². The van der Waals surface area contributed by atoms with Crippen LogP contribution in [0.15, 0.2) is 29.2 Å². The Labute approximate surface area is 135 Å². The van der Waals surface area contributed by atoms with Gasteiger partial charge in [0.2, 0.25) is 15.9 Å². The number of carbonyl (C=O) groups excluding carboxylic acids is 1. The van der Waals surface area contributed by atoms with E-state index in [9.17, 15) is 17.6 Å². The molecule has 1 saturated heterocycles. The molecule has 128 valence electrons. The molecule has 0 atom stereocenters. The maximum absolute atomic E-state index is 13.7.